The number of ether oxygens (including phenoxy) is 2. The van der Waals surface area contributed by atoms with Crippen molar-refractivity contribution in [1.29, 1.82) is 0 Å². The van der Waals surface area contributed by atoms with Gasteiger partial charge in [0.1, 0.15) is 12.3 Å². The van der Waals surface area contributed by atoms with Crippen molar-refractivity contribution in [1.82, 2.24) is 10.6 Å². The van der Waals surface area contributed by atoms with E-state index in [4.69, 9.17) is 9.47 Å². The van der Waals surface area contributed by atoms with Crippen LogP contribution in [-0.4, -0.2) is 43.1 Å². The van der Waals surface area contributed by atoms with Crippen LogP contribution in [0.5, 0.6) is 5.75 Å². The molecule has 1 aliphatic rings. The molecule has 29 heavy (non-hydrogen) atoms. The molecule has 0 aromatic heterocycles. The summed E-state index contributed by atoms with van der Waals surface area (Å²) in [5.41, 5.74) is 0.410. The Labute approximate surface area is 172 Å². The van der Waals surface area contributed by atoms with Gasteiger partial charge in [-0.25, -0.2) is 0 Å². The Morgan fingerprint density at radius 3 is 2.48 bits per heavy atom. The normalized spacial score (nSPS) is 22.3. The fourth-order valence-corrected chi connectivity index (χ4v) is 3.50. The first-order valence-corrected chi connectivity index (χ1v) is 10.3. The van der Waals surface area contributed by atoms with Crippen LogP contribution in [0.3, 0.4) is 0 Å². The fraction of sp³-hybridized carbons (Fsp3) is 0.591. The molecule has 0 saturated heterocycles. The number of hydrogen-bond acceptors (Lipinski definition) is 5. The van der Waals surface area contributed by atoms with Gasteiger partial charge in [0.05, 0.1) is 6.61 Å². The molecule has 2 N–H and O–H groups in total. The van der Waals surface area contributed by atoms with Gasteiger partial charge in [-0.1, -0.05) is 26.7 Å². The second kappa shape index (κ2) is 10.8. The van der Waals surface area contributed by atoms with E-state index in [2.05, 4.69) is 24.5 Å². The summed E-state index contributed by atoms with van der Waals surface area (Å²) in [4.78, 5) is 36.5. The third-order valence-corrected chi connectivity index (χ3v) is 5.53. The van der Waals surface area contributed by atoms with Crippen molar-refractivity contribution in [3.63, 3.8) is 0 Å². The smallest absolute Gasteiger partial charge is 0.326 e. The van der Waals surface area contributed by atoms with Gasteiger partial charge in [-0.05, 0) is 56.4 Å². The zero-order chi connectivity index (χ0) is 21.4. The maximum atomic E-state index is 12.4. The van der Waals surface area contributed by atoms with E-state index in [9.17, 15) is 14.4 Å². The lowest BCUT2D eigenvalue weighted by Crippen LogP contribution is -2.48. The molecule has 1 fully saturated rings. The topological polar surface area (TPSA) is 93.7 Å². The minimum absolute atomic E-state index is 0.103. The summed E-state index contributed by atoms with van der Waals surface area (Å²) in [5, 5.41) is 5.50. The van der Waals surface area contributed by atoms with Crippen LogP contribution in [0.1, 0.15) is 57.3 Å². The lowest BCUT2D eigenvalue weighted by atomic mass is 9.78. The molecular formula is C22H32N2O5. The Morgan fingerprint density at radius 2 is 1.83 bits per heavy atom. The highest BCUT2D eigenvalue weighted by Crippen LogP contribution is 2.29. The number of carbonyl (C=O) groups excluding carboxylic acids is 3. The standard InChI is InChI=1S/C22H32N2O5/c1-5-28-18-11-9-17(10-12-18)22(27)23-13-20(25)29-16(4)21(26)24-19-8-6-7-14(2)15(19)3/h9-12,14-16,19H,5-8,13H2,1-4H3,(H,23,27)(H,24,26)/t14-,15-,16+,19-/m0/s1. The fourth-order valence-electron chi connectivity index (χ4n) is 3.50. The number of esters is 1. The van der Waals surface area contributed by atoms with Crippen molar-refractivity contribution < 1.29 is 23.9 Å². The maximum absolute atomic E-state index is 12.4. The summed E-state index contributed by atoms with van der Waals surface area (Å²) >= 11 is 0. The van der Waals surface area contributed by atoms with Gasteiger partial charge in [0, 0.05) is 11.6 Å². The van der Waals surface area contributed by atoms with Gasteiger partial charge >= 0.3 is 5.97 Å². The Morgan fingerprint density at radius 1 is 1.14 bits per heavy atom. The zero-order valence-corrected chi connectivity index (χ0v) is 17.7. The summed E-state index contributed by atoms with van der Waals surface area (Å²) in [6, 6.07) is 6.72. The monoisotopic (exact) mass is 404 g/mol. The van der Waals surface area contributed by atoms with E-state index < -0.39 is 18.0 Å². The van der Waals surface area contributed by atoms with E-state index in [1.165, 1.54) is 6.42 Å². The van der Waals surface area contributed by atoms with Crippen LogP contribution in [0.25, 0.3) is 0 Å². The minimum atomic E-state index is -0.908. The summed E-state index contributed by atoms with van der Waals surface area (Å²) < 4.78 is 10.5. The number of carbonyl (C=O) groups is 3. The van der Waals surface area contributed by atoms with Crippen molar-refractivity contribution in [3.05, 3.63) is 29.8 Å². The number of hydrogen-bond donors (Lipinski definition) is 2. The van der Waals surface area contributed by atoms with Crippen molar-refractivity contribution in [3.8, 4) is 5.75 Å². The molecule has 7 heteroatoms. The van der Waals surface area contributed by atoms with E-state index >= 15 is 0 Å². The van der Waals surface area contributed by atoms with Crippen LogP contribution < -0.4 is 15.4 Å². The molecule has 160 valence electrons. The molecule has 1 saturated carbocycles. The Balaban J connectivity index is 1.76. The molecule has 4 atom stereocenters. The van der Waals surface area contributed by atoms with E-state index in [0.717, 1.165) is 12.8 Å². The molecule has 0 radical (unpaired) electrons. The van der Waals surface area contributed by atoms with Gasteiger partial charge in [-0.2, -0.15) is 0 Å². The number of rotatable bonds is 8. The molecule has 0 spiro atoms. The number of nitrogens with one attached hydrogen (secondary N) is 2. The summed E-state index contributed by atoms with van der Waals surface area (Å²) in [7, 11) is 0. The highest BCUT2D eigenvalue weighted by molar-refractivity contribution is 5.96. The van der Waals surface area contributed by atoms with Crippen molar-refractivity contribution in [2.45, 2.75) is 59.1 Å². The highest BCUT2D eigenvalue weighted by Gasteiger charge is 2.30. The molecule has 1 aromatic rings. The first-order valence-electron chi connectivity index (χ1n) is 10.3. The average molecular weight is 405 g/mol. The molecule has 0 aliphatic heterocycles. The summed E-state index contributed by atoms with van der Waals surface area (Å²) in [6.45, 7) is 7.99. The molecule has 0 bridgehead atoms. The number of amides is 2. The maximum Gasteiger partial charge on any atom is 0.326 e. The van der Waals surface area contributed by atoms with Crippen LogP contribution in [0, 0.1) is 11.8 Å². The second-order valence-electron chi connectivity index (χ2n) is 7.65. The molecule has 1 aromatic carbocycles. The third-order valence-electron chi connectivity index (χ3n) is 5.53. The second-order valence-corrected chi connectivity index (χ2v) is 7.65. The van der Waals surface area contributed by atoms with Crippen LogP contribution in [0.4, 0.5) is 0 Å². The Kier molecular flexibility index (Phi) is 8.49. The molecule has 0 heterocycles. The van der Waals surface area contributed by atoms with Gasteiger partial charge in [-0.15, -0.1) is 0 Å². The van der Waals surface area contributed by atoms with Crippen LogP contribution in [0.2, 0.25) is 0 Å². The van der Waals surface area contributed by atoms with Gasteiger partial charge in [0.15, 0.2) is 6.10 Å². The summed E-state index contributed by atoms with van der Waals surface area (Å²) in [5.74, 6) is 0.268. The predicted octanol–water partition coefficient (Wildman–Crippen LogP) is 2.69. The summed E-state index contributed by atoms with van der Waals surface area (Å²) in [6.07, 6.45) is 2.29. The van der Waals surface area contributed by atoms with Crippen molar-refractivity contribution >= 4 is 17.8 Å². The van der Waals surface area contributed by atoms with E-state index in [1.54, 1.807) is 31.2 Å². The van der Waals surface area contributed by atoms with Crippen molar-refractivity contribution in [2.75, 3.05) is 13.2 Å². The molecule has 2 rings (SSSR count). The molecule has 2 amide bonds. The van der Waals surface area contributed by atoms with E-state index in [1.807, 2.05) is 6.92 Å². The van der Waals surface area contributed by atoms with Gasteiger partial charge in [0.25, 0.3) is 11.8 Å². The molecule has 1 aliphatic carbocycles. The van der Waals surface area contributed by atoms with Gasteiger partial charge < -0.3 is 20.1 Å². The van der Waals surface area contributed by atoms with Gasteiger partial charge in [-0.3, -0.25) is 14.4 Å². The lowest BCUT2D eigenvalue weighted by molar-refractivity contribution is -0.154. The first kappa shape index (κ1) is 22.7. The SMILES string of the molecule is CCOc1ccc(C(=O)NCC(=O)O[C@H](C)C(=O)N[C@H]2CCC[C@H](C)[C@@H]2C)cc1. The average Bonchev–Trinajstić information content (AvgIpc) is 2.70. The predicted molar refractivity (Wildman–Crippen MR) is 110 cm³/mol. The van der Waals surface area contributed by atoms with E-state index in [-0.39, 0.29) is 18.5 Å². The Hall–Kier alpha value is -2.57. The van der Waals surface area contributed by atoms with Gasteiger partial charge in [0.2, 0.25) is 0 Å². The van der Waals surface area contributed by atoms with Crippen LogP contribution in [0.15, 0.2) is 24.3 Å². The third kappa shape index (κ3) is 6.76. The van der Waals surface area contributed by atoms with Crippen LogP contribution >= 0.6 is 0 Å². The van der Waals surface area contributed by atoms with Crippen molar-refractivity contribution in [2.24, 2.45) is 11.8 Å². The zero-order valence-electron chi connectivity index (χ0n) is 17.7. The van der Waals surface area contributed by atoms with E-state index in [0.29, 0.717) is 29.8 Å². The minimum Gasteiger partial charge on any atom is -0.494 e. The van der Waals surface area contributed by atoms with Crippen LogP contribution in [-0.2, 0) is 14.3 Å². The first-order chi connectivity index (χ1) is 13.8. The molecular weight excluding hydrogens is 372 g/mol. The molecule has 0 unspecified atom stereocenters. The largest absolute Gasteiger partial charge is 0.494 e. The molecule has 7 nitrogen and oxygen atoms in total. The lowest BCUT2D eigenvalue weighted by Gasteiger charge is -2.35. The highest BCUT2D eigenvalue weighted by atomic mass is 16.5. The quantitative estimate of drug-likeness (QED) is 0.650. The number of benzene rings is 1. The Bertz CT molecular complexity index is 704.